The predicted molar refractivity (Wildman–Crippen MR) is 83.2 cm³/mol. The third-order valence-electron chi connectivity index (χ3n) is 3.31. The highest BCUT2D eigenvalue weighted by Gasteiger charge is 2.14. The summed E-state index contributed by atoms with van der Waals surface area (Å²) >= 11 is 1.71. The van der Waals surface area contributed by atoms with Crippen LogP contribution in [0.25, 0.3) is 10.9 Å². The second-order valence-corrected chi connectivity index (χ2v) is 6.23. The molecule has 0 saturated heterocycles. The van der Waals surface area contributed by atoms with Gasteiger partial charge in [-0.2, -0.15) is 0 Å². The second kappa shape index (κ2) is 5.13. The topological polar surface area (TPSA) is 44.9 Å². The van der Waals surface area contributed by atoms with Crippen LogP contribution in [0.5, 0.6) is 0 Å². The van der Waals surface area contributed by atoms with Gasteiger partial charge in [0, 0.05) is 20.7 Å². The van der Waals surface area contributed by atoms with Crippen LogP contribution in [0, 0.1) is 6.92 Å². The van der Waals surface area contributed by atoms with Gasteiger partial charge < -0.3 is 10.3 Å². The molecule has 0 aliphatic heterocycles. The number of para-hydroxylation sites is 1. The Balaban J connectivity index is 1.78. The molecule has 3 nitrogen and oxygen atoms in total. The van der Waals surface area contributed by atoms with Crippen molar-refractivity contribution < 1.29 is 4.79 Å². The van der Waals surface area contributed by atoms with Gasteiger partial charge in [-0.25, -0.2) is 0 Å². The summed E-state index contributed by atoms with van der Waals surface area (Å²) < 4.78 is 0. The van der Waals surface area contributed by atoms with Gasteiger partial charge in [0.1, 0.15) is 5.69 Å². The lowest BCUT2D eigenvalue weighted by molar-refractivity contribution is 0.0936. The van der Waals surface area contributed by atoms with Crippen LogP contribution >= 0.6 is 11.3 Å². The van der Waals surface area contributed by atoms with Gasteiger partial charge in [-0.05, 0) is 38.1 Å². The minimum Gasteiger partial charge on any atom is -0.351 e. The number of benzene rings is 1. The summed E-state index contributed by atoms with van der Waals surface area (Å²) in [6.07, 6.45) is 0. The Labute approximate surface area is 121 Å². The molecule has 3 aromatic rings. The molecular formula is C16H16N2OS. The molecule has 1 unspecified atom stereocenters. The summed E-state index contributed by atoms with van der Waals surface area (Å²) in [4.78, 5) is 17.8. The van der Waals surface area contributed by atoms with Crippen molar-refractivity contribution in [1.29, 1.82) is 0 Å². The number of hydrogen-bond donors (Lipinski definition) is 2. The van der Waals surface area contributed by atoms with Crippen molar-refractivity contribution in [2.75, 3.05) is 0 Å². The Bertz CT molecular complexity index is 724. The molecule has 0 radical (unpaired) electrons. The van der Waals surface area contributed by atoms with E-state index in [9.17, 15) is 4.79 Å². The van der Waals surface area contributed by atoms with E-state index < -0.39 is 0 Å². The van der Waals surface area contributed by atoms with E-state index in [1.807, 2.05) is 37.3 Å². The lowest BCUT2D eigenvalue weighted by Crippen LogP contribution is -2.26. The van der Waals surface area contributed by atoms with Gasteiger partial charge >= 0.3 is 0 Å². The average molecular weight is 284 g/mol. The lowest BCUT2D eigenvalue weighted by atomic mass is 10.2. The van der Waals surface area contributed by atoms with Crippen LogP contribution in [-0.4, -0.2) is 10.9 Å². The summed E-state index contributed by atoms with van der Waals surface area (Å²) in [7, 11) is 0. The van der Waals surface area contributed by atoms with Crippen molar-refractivity contribution in [1.82, 2.24) is 10.3 Å². The molecule has 0 fully saturated rings. The first kappa shape index (κ1) is 12.9. The van der Waals surface area contributed by atoms with Crippen LogP contribution in [0.4, 0.5) is 0 Å². The van der Waals surface area contributed by atoms with E-state index in [0.717, 1.165) is 10.9 Å². The number of carbonyl (C=O) groups is 1. The molecule has 1 amide bonds. The molecule has 1 aromatic carbocycles. The number of nitrogens with one attached hydrogen (secondary N) is 2. The van der Waals surface area contributed by atoms with Gasteiger partial charge in [-0.1, -0.05) is 18.2 Å². The highest BCUT2D eigenvalue weighted by molar-refractivity contribution is 7.12. The number of aromatic amines is 1. The number of H-pyrrole nitrogens is 1. The van der Waals surface area contributed by atoms with E-state index in [-0.39, 0.29) is 11.9 Å². The van der Waals surface area contributed by atoms with E-state index in [2.05, 4.69) is 29.4 Å². The second-order valence-electron chi connectivity index (χ2n) is 4.91. The Morgan fingerprint density at radius 3 is 2.75 bits per heavy atom. The molecule has 1 atom stereocenters. The number of carbonyl (C=O) groups excluding carboxylic acids is 1. The lowest BCUT2D eigenvalue weighted by Gasteiger charge is -2.11. The molecule has 2 aromatic heterocycles. The Morgan fingerprint density at radius 1 is 1.25 bits per heavy atom. The normalized spacial score (nSPS) is 12.5. The third kappa shape index (κ3) is 2.47. The van der Waals surface area contributed by atoms with E-state index in [1.165, 1.54) is 9.75 Å². The Hall–Kier alpha value is -2.07. The van der Waals surface area contributed by atoms with Crippen LogP contribution < -0.4 is 5.32 Å². The molecule has 4 heteroatoms. The largest absolute Gasteiger partial charge is 0.351 e. The van der Waals surface area contributed by atoms with E-state index >= 15 is 0 Å². The summed E-state index contributed by atoms with van der Waals surface area (Å²) in [5.41, 5.74) is 1.59. The molecule has 0 aliphatic rings. The van der Waals surface area contributed by atoms with E-state index in [4.69, 9.17) is 0 Å². The van der Waals surface area contributed by atoms with Crippen molar-refractivity contribution in [3.63, 3.8) is 0 Å². The van der Waals surface area contributed by atoms with Gasteiger partial charge in [0.05, 0.1) is 6.04 Å². The fraction of sp³-hybridized carbons (Fsp3) is 0.188. The average Bonchev–Trinajstić information content (AvgIpc) is 3.04. The van der Waals surface area contributed by atoms with Crippen molar-refractivity contribution in [2.45, 2.75) is 19.9 Å². The molecule has 0 spiro atoms. The molecule has 0 saturated carbocycles. The predicted octanol–water partition coefficient (Wildman–Crippen LogP) is 4.03. The molecule has 3 rings (SSSR count). The quantitative estimate of drug-likeness (QED) is 0.749. The monoisotopic (exact) mass is 284 g/mol. The minimum absolute atomic E-state index is 0.0209. The fourth-order valence-corrected chi connectivity index (χ4v) is 3.11. The van der Waals surface area contributed by atoms with Crippen molar-refractivity contribution in [3.8, 4) is 0 Å². The van der Waals surface area contributed by atoms with Crippen LogP contribution in [0.1, 0.15) is 33.2 Å². The first-order chi connectivity index (χ1) is 9.63. The SMILES string of the molecule is Cc1ccc(C(C)NC(=O)c2cc3ccccc3[nH]2)s1. The number of aromatic nitrogens is 1. The number of amides is 1. The maximum Gasteiger partial charge on any atom is 0.268 e. The molecular weight excluding hydrogens is 268 g/mol. The zero-order valence-electron chi connectivity index (χ0n) is 11.4. The van der Waals surface area contributed by atoms with Crippen LogP contribution in [0.15, 0.2) is 42.5 Å². The molecule has 0 aliphatic carbocycles. The number of thiophene rings is 1. The fourth-order valence-electron chi connectivity index (χ4n) is 2.23. The maximum atomic E-state index is 12.3. The Morgan fingerprint density at radius 2 is 2.05 bits per heavy atom. The van der Waals surface area contributed by atoms with Gasteiger partial charge in [0.2, 0.25) is 0 Å². The van der Waals surface area contributed by atoms with Crippen molar-refractivity contribution in [2.24, 2.45) is 0 Å². The van der Waals surface area contributed by atoms with Gasteiger partial charge in [-0.15, -0.1) is 11.3 Å². The molecule has 2 N–H and O–H groups in total. The number of aryl methyl sites for hydroxylation is 1. The third-order valence-corrected chi connectivity index (χ3v) is 4.49. The van der Waals surface area contributed by atoms with Gasteiger partial charge in [0.15, 0.2) is 0 Å². The van der Waals surface area contributed by atoms with Crippen LogP contribution in [-0.2, 0) is 0 Å². The summed E-state index contributed by atoms with van der Waals surface area (Å²) in [6, 6.07) is 13.9. The van der Waals surface area contributed by atoms with Crippen LogP contribution in [0.2, 0.25) is 0 Å². The smallest absolute Gasteiger partial charge is 0.268 e. The number of hydrogen-bond acceptors (Lipinski definition) is 2. The number of rotatable bonds is 3. The zero-order valence-corrected chi connectivity index (χ0v) is 12.3. The van der Waals surface area contributed by atoms with E-state index in [0.29, 0.717) is 5.69 Å². The standard InChI is InChI=1S/C16H16N2OS/c1-10-7-8-15(20-10)11(2)17-16(19)14-9-12-5-3-4-6-13(12)18-14/h3-9,11,18H,1-2H3,(H,17,19). The first-order valence-corrected chi connectivity index (χ1v) is 7.40. The summed E-state index contributed by atoms with van der Waals surface area (Å²) in [6.45, 7) is 4.08. The summed E-state index contributed by atoms with van der Waals surface area (Å²) in [5.74, 6) is -0.0697. The number of fused-ring (bicyclic) bond motifs is 1. The van der Waals surface area contributed by atoms with Crippen molar-refractivity contribution in [3.05, 3.63) is 57.9 Å². The van der Waals surface area contributed by atoms with E-state index in [1.54, 1.807) is 11.3 Å². The molecule has 20 heavy (non-hydrogen) atoms. The summed E-state index contributed by atoms with van der Waals surface area (Å²) in [5, 5.41) is 4.08. The highest BCUT2D eigenvalue weighted by atomic mass is 32.1. The highest BCUT2D eigenvalue weighted by Crippen LogP contribution is 2.23. The maximum absolute atomic E-state index is 12.3. The molecule has 2 heterocycles. The minimum atomic E-state index is -0.0697. The molecule has 102 valence electrons. The molecule has 0 bridgehead atoms. The van der Waals surface area contributed by atoms with Gasteiger partial charge in [0.25, 0.3) is 5.91 Å². The van der Waals surface area contributed by atoms with Crippen molar-refractivity contribution >= 4 is 28.1 Å². The zero-order chi connectivity index (χ0) is 14.1. The van der Waals surface area contributed by atoms with Gasteiger partial charge in [-0.3, -0.25) is 4.79 Å². The van der Waals surface area contributed by atoms with Crippen LogP contribution in [0.3, 0.4) is 0 Å². The Kier molecular flexibility index (Phi) is 3.32. The first-order valence-electron chi connectivity index (χ1n) is 6.58.